The van der Waals surface area contributed by atoms with E-state index in [0.29, 0.717) is 32.8 Å². The summed E-state index contributed by atoms with van der Waals surface area (Å²) in [6.45, 7) is 3.86. The number of nitro groups is 1. The number of hydrogen-bond acceptors (Lipinski definition) is 9. The molecule has 2 aromatic carbocycles. The van der Waals surface area contributed by atoms with Crippen LogP contribution < -0.4 is 9.47 Å². The molecule has 1 aliphatic heterocycles. The van der Waals surface area contributed by atoms with Gasteiger partial charge in [-0.15, -0.1) is 0 Å². The minimum atomic E-state index is -0.654. The van der Waals surface area contributed by atoms with Gasteiger partial charge in [-0.1, -0.05) is 0 Å². The fourth-order valence-electron chi connectivity index (χ4n) is 2.82. The number of nitrogens with zero attached hydrogens (tertiary/aromatic N) is 2. The Hall–Kier alpha value is -3.48. The van der Waals surface area contributed by atoms with Crippen LogP contribution >= 0.6 is 22.6 Å². The van der Waals surface area contributed by atoms with Crippen LogP contribution in [0.3, 0.4) is 0 Å². The highest BCUT2D eigenvalue weighted by molar-refractivity contribution is 14.1. The quantitative estimate of drug-likeness (QED) is 0.147. The predicted molar refractivity (Wildman–Crippen MR) is 126 cm³/mol. The van der Waals surface area contributed by atoms with E-state index in [1.165, 1.54) is 30.3 Å². The lowest BCUT2D eigenvalue weighted by atomic mass is 10.1. The van der Waals surface area contributed by atoms with Crippen LogP contribution in [0.25, 0.3) is 6.08 Å². The Labute approximate surface area is 202 Å². The van der Waals surface area contributed by atoms with Gasteiger partial charge in [0.15, 0.2) is 23.8 Å². The number of halogens is 1. The average Bonchev–Trinajstić information content (AvgIpc) is 3.14. The fraction of sp³-hybridized carbons (Fsp3) is 0.227. The summed E-state index contributed by atoms with van der Waals surface area (Å²) in [5, 5.41) is 10.8. The maximum Gasteiger partial charge on any atom is 0.363 e. The Balaban J connectivity index is 1.87. The fourth-order valence-corrected chi connectivity index (χ4v) is 3.61. The summed E-state index contributed by atoms with van der Waals surface area (Å²) < 4.78 is 22.0. The third-order valence-corrected chi connectivity index (χ3v) is 5.02. The van der Waals surface area contributed by atoms with Crippen molar-refractivity contribution in [2.45, 2.75) is 13.8 Å². The molecule has 2 aromatic rings. The number of ether oxygens (including phenoxy) is 4. The summed E-state index contributed by atoms with van der Waals surface area (Å²) in [7, 11) is 0. The normalized spacial score (nSPS) is 14.0. The summed E-state index contributed by atoms with van der Waals surface area (Å²) in [6.07, 6.45) is 1.53. The van der Waals surface area contributed by atoms with Gasteiger partial charge in [-0.05, 0) is 72.3 Å². The van der Waals surface area contributed by atoms with Gasteiger partial charge >= 0.3 is 11.9 Å². The van der Waals surface area contributed by atoms with Crippen LogP contribution in [0.15, 0.2) is 47.1 Å². The molecule has 0 aliphatic carbocycles. The van der Waals surface area contributed by atoms with Gasteiger partial charge in [-0.2, -0.15) is 0 Å². The first-order chi connectivity index (χ1) is 15.8. The van der Waals surface area contributed by atoms with Gasteiger partial charge in [0.25, 0.3) is 5.69 Å². The molecular formula is C22H19IN2O8. The zero-order chi connectivity index (χ0) is 24.0. The summed E-state index contributed by atoms with van der Waals surface area (Å²) in [5.41, 5.74) is 1.01. The SMILES string of the molecule is CCOC(=O)COc1c(I)cc(/C=C2\N=C(c3ccc([N+](=O)[O-])cc3)OC2=O)cc1OCC. The lowest BCUT2D eigenvalue weighted by molar-refractivity contribution is -0.384. The van der Waals surface area contributed by atoms with Crippen LogP contribution in [0.1, 0.15) is 25.0 Å². The second-order valence-corrected chi connectivity index (χ2v) is 7.66. The molecule has 1 aliphatic rings. The van der Waals surface area contributed by atoms with Crippen LogP contribution in [-0.4, -0.2) is 42.6 Å². The highest BCUT2D eigenvalue weighted by Gasteiger charge is 2.25. The van der Waals surface area contributed by atoms with E-state index in [9.17, 15) is 19.7 Å². The Morgan fingerprint density at radius 2 is 1.91 bits per heavy atom. The van der Waals surface area contributed by atoms with Crippen molar-refractivity contribution >= 4 is 52.2 Å². The molecule has 0 spiro atoms. The first-order valence-corrected chi connectivity index (χ1v) is 10.9. The second-order valence-electron chi connectivity index (χ2n) is 6.50. The number of rotatable bonds is 9. The summed E-state index contributed by atoms with van der Waals surface area (Å²) in [4.78, 5) is 38.5. The molecule has 0 aromatic heterocycles. The monoisotopic (exact) mass is 566 g/mol. The number of cyclic esters (lactones) is 1. The second kappa shape index (κ2) is 10.9. The van der Waals surface area contributed by atoms with Crippen molar-refractivity contribution in [3.8, 4) is 11.5 Å². The molecular weight excluding hydrogens is 547 g/mol. The van der Waals surface area contributed by atoms with Crippen LogP contribution in [0.4, 0.5) is 5.69 Å². The Morgan fingerprint density at radius 1 is 1.18 bits per heavy atom. The number of benzene rings is 2. The number of carbonyl (C=O) groups is 2. The van der Waals surface area contributed by atoms with E-state index < -0.39 is 16.9 Å². The smallest absolute Gasteiger partial charge is 0.363 e. The van der Waals surface area contributed by atoms with Gasteiger partial charge in [-0.3, -0.25) is 10.1 Å². The van der Waals surface area contributed by atoms with Crippen LogP contribution in [-0.2, 0) is 19.1 Å². The molecule has 172 valence electrons. The molecule has 11 heteroatoms. The van der Waals surface area contributed by atoms with E-state index in [1.54, 1.807) is 19.1 Å². The average molecular weight is 566 g/mol. The van der Waals surface area contributed by atoms with Gasteiger partial charge in [-0.25, -0.2) is 14.6 Å². The maximum absolute atomic E-state index is 12.3. The van der Waals surface area contributed by atoms with Gasteiger partial charge in [0.05, 0.1) is 21.7 Å². The number of non-ortho nitro benzene ring substituents is 1. The van der Waals surface area contributed by atoms with Crippen molar-refractivity contribution in [2.24, 2.45) is 4.99 Å². The summed E-state index contributed by atoms with van der Waals surface area (Å²) in [5.74, 6) is -0.318. The largest absolute Gasteiger partial charge is 0.490 e. The molecule has 0 saturated carbocycles. The third-order valence-electron chi connectivity index (χ3n) is 4.22. The van der Waals surface area contributed by atoms with Crippen molar-refractivity contribution in [3.63, 3.8) is 0 Å². The standard InChI is InChI=1S/C22H19IN2O8/c1-3-30-18-11-13(9-16(23)20(18)32-12-19(26)31-4-2)10-17-22(27)33-21(24-17)14-5-7-15(8-6-14)25(28)29/h5-11H,3-4,12H2,1-2H3/b17-10-. The van der Waals surface area contributed by atoms with Crippen LogP contribution in [0.5, 0.6) is 11.5 Å². The molecule has 0 saturated heterocycles. The van der Waals surface area contributed by atoms with E-state index in [1.807, 2.05) is 29.5 Å². The van der Waals surface area contributed by atoms with Crippen molar-refractivity contribution in [3.05, 3.63) is 66.9 Å². The van der Waals surface area contributed by atoms with E-state index in [0.717, 1.165) is 0 Å². The molecule has 0 unspecified atom stereocenters. The zero-order valence-electron chi connectivity index (χ0n) is 17.7. The number of esters is 2. The Morgan fingerprint density at radius 3 is 2.55 bits per heavy atom. The van der Waals surface area contributed by atoms with Crippen LogP contribution in [0, 0.1) is 13.7 Å². The van der Waals surface area contributed by atoms with E-state index in [-0.39, 0.29) is 30.5 Å². The molecule has 0 bridgehead atoms. The minimum absolute atomic E-state index is 0.0512. The lowest BCUT2D eigenvalue weighted by Crippen LogP contribution is -2.15. The molecule has 0 amide bonds. The number of aliphatic imine (C=N–C) groups is 1. The lowest BCUT2D eigenvalue weighted by Gasteiger charge is -2.14. The molecule has 10 nitrogen and oxygen atoms in total. The molecule has 0 radical (unpaired) electrons. The Bertz CT molecular complexity index is 1140. The minimum Gasteiger partial charge on any atom is -0.490 e. The number of hydrogen-bond donors (Lipinski definition) is 0. The maximum atomic E-state index is 12.3. The molecule has 1 heterocycles. The molecule has 3 rings (SSSR count). The molecule has 0 atom stereocenters. The van der Waals surface area contributed by atoms with Gasteiger partial charge in [0.1, 0.15) is 0 Å². The van der Waals surface area contributed by atoms with Crippen molar-refractivity contribution in [1.29, 1.82) is 0 Å². The number of nitro benzene ring substituents is 1. The van der Waals surface area contributed by atoms with Gasteiger partial charge in [0, 0.05) is 17.7 Å². The Kier molecular flexibility index (Phi) is 7.98. The van der Waals surface area contributed by atoms with Crippen molar-refractivity contribution in [2.75, 3.05) is 19.8 Å². The third kappa shape index (κ3) is 6.06. The highest BCUT2D eigenvalue weighted by Crippen LogP contribution is 2.35. The first kappa shape index (κ1) is 24.2. The summed E-state index contributed by atoms with van der Waals surface area (Å²) >= 11 is 2.04. The van der Waals surface area contributed by atoms with Gasteiger partial charge < -0.3 is 18.9 Å². The molecule has 0 N–H and O–H groups in total. The predicted octanol–water partition coefficient (Wildman–Crippen LogP) is 3.88. The number of carbonyl (C=O) groups excluding carboxylic acids is 2. The van der Waals surface area contributed by atoms with Crippen molar-refractivity contribution < 1.29 is 33.5 Å². The van der Waals surface area contributed by atoms with Crippen molar-refractivity contribution in [1.82, 2.24) is 0 Å². The summed E-state index contributed by atoms with van der Waals surface area (Å²) in [6, 6.07) is 8.92. The van der Waals surface area contributed by atoms with E-state index >= 15 is 0 Å². The molecule has 0 fully saturated rings. The zero-order valence-corrected chi connectivity index (χ0v) is 19.9. The van der Waals surface area contributed by atoms with E-state index in [4.69, 9.17) is 18.9 Å². The highest BCUT2D eigenvalue weighted by atomic mass is 127. The van der Waals surface area contributed by atoms with E-state index in [2.05, 4.69) is 4.99 Å². The topological polar surface area (TPSA) is 127 Å². The van der Waals surface area contributed by atoms with Gasteiger partial charge in [0.2, 0.25) is 5.90 Å². The molecule has 33 heavy (non-hydrogen) atoms. The first-order valence-electron chi connectivity index (χ1n) is 9.84. The van der Waals surface area contributed by atoms with Crippen LogP contribution in [0.2, 0.25) is 0 Å².